The molecule has 2 heterocycles. The molecule has 0 radical (unpaired) electrons. The number of benzene rings is 2. The molecule has 0 unspecified atom stereocenters. The Balaban J connectivity index is 1.31. The SMILES string of the molecule is Fc1ccc([C@@H]2CCN(C3CCCC3)C[C@H]2COc2ccc3c(c2)OCO3)cc1. The number of fused-ring (bicyclic) bond motifs is 1. The number of ether oxygens (including phenoxy) is 3. The zero-order chi connectivity index (χ0) is 19.6. The molecule has 4 nitrogen and oxygen atoms in total. The van der Waals surface area contributed by atoms with Crippen LogP contribution < -0.4 is 14.2 Å². The van der Waals surface area contributed by atoms with Crippen molar-refractivity contribution in [1.82, 2.24) is 4.90 Å². The molecule has 2 aliphatic heterocycles. The molecule has 2 aromatic rings. The summed E-state index contributed by atoms with van der Waals surface area (Å²) in [7, 11) is 0. The van der Waals surface area contributed by atoms with Crippen molar-refractivity contribution in [3.63, 3.8) is 0 Å². The molecule has 1 saturated carbocycles. The molecule has 2 atom stereocenters. The molecule has 29 heavy (non-hydrogen) atoms. The van der Waals surface area contributed by atoms with E-state index in [-0.39, 0.29) is 12.6 Å². The fourth-order valence-corrected chi connectivity index (χ4v) is 5.15. The molecule has 2 fully saturated rings. The first-order chi connectivity index (χ1) is 14.3. The average molecular weight is 397 g/mol. The highest BCUT2D eigenvalue weighted by Gasteiger charge is 2.34. The Labute approximate surface area is 171 Å². The van der Waals surface area contributed by atoms with Crippen LogP contribution in [0.15, 0.2) is 42.5 Å². The average Bonchev–Trinajstić information content (AvgIpc) is 3.44. The van der Waals surface area contributed by atoms with E-state index in [1.165, 1.54) is 31.2 Å². The molecule has 0 amide bonds. The number of hydrogen-bond acceptors (Lipinski definition) is 4. The number of rotatable bonds is 5. The molecule has 1 aliphatic carbocycles. The predicted molar refractivity (Wildman–Crippen MR) is 109 cm³/mol. The highest BCUT2D eigenvalue weighted by molar-refractivity contribution is 5.46. The Morgan fingerprint density at radius 2 is 1.76 bits per heavy atom. The molecule has 5 rings (SSSR count). The second-order valence-corrected chi connectivity index (χ2v) is 8.47. The van der Waals surface area contributed by atoms with Crippen molar-refractivity contribution < 1.29 is 18.6 Å². The van der Waals surface area contributed by atoms with Crippen molar-refractivity contribution in [1.29, 1.82) is 0 Å². The van der Waals surface area contributed by atoms with Gasteiger partial charge in [0.15, 0.2) is 11.5 Å². The lowest BCUT2D eigenvalue weighted by atomic mass is 9.80. The third kappa shape index (κ3) is 4.06. The summed E-state index contributed by atoms with van der Waals surface area (Å²) in [6.07, 6.45) is 6.42. The lowest BCUT2D eigenvalue weighted by Crippen LogP contribution is -2.46. The minimum atomic E-state index is -0.176. The molecule has 0 N–H and O–H groups in total. The van der Waals surface area contributed by atoms with Crippen LogP contribution in [0.1, 0.15) is 43.6 Å². The first kappa shape index (κ1) is 18.7. The Hall–Kier alpha value is -2.27. The van der Waals surface area contributed by atoms with E-state index >= 15 is 0 Å². The van der Waals surface area contributed by atoms with Crippen molar-refractivity contribution >= 4 is 0 Å². The molecular formula is C24H28FNO3. The maximum Gasteiger partial charge on any atom is 0.231 e. The molecule has 154 valence electrons. The number of piperidine rings is 1. The lowest BCUT2D eigenvalue weighted by molar-refractivity contribution is 0.0804. The number of hydrogen-bond donors (Lipinski definition) is 0. The molecule has 2 aromatic carbocycles. The Morgan fingerprint density at radius 1 is 0.966 bits per heavy atom. The van der Waals surface area contributed by atoms with Crippen LogP contribution in [0.25, 0.3) is 0 Å². The smallest absolute Gasteiger partial charge is 0.231 e. The molecule has 0 aromatic heterocycles. The van der Waals surface area contributed by atoms with E-state index in [9.17, 15) is 4.39 Å². The van der Waals surface area contributed by atoms with Crippen LogP contribution in [0.3, 0.4) is 0 Å². The minimum absolute atomic E-state index is 0.176. The van der Waals surface area contributed by atoms with E-state index in [1.807, 2.05) is 30.3 Å². The summed E-state index contributed by atoms with van der Waals surface area (Å²) >= 11 is 0. The van der Waals surface area contributed by atoms with Gasteiger partial charge in [-0.25, -0.2) is 4.39 Å². The fourth-order valence-electron chi connectivity index (χ4n) is 5.15. The summed E-state index contributed by atoms with van der Waals surface area (Å²) in [5.74, 6) is 2.92. The number of halogens is 1. The summed E-state index contributed by atoms with van der Waals surface area (Å²) in [5.41, 5.74) is 1.22. The van der Waals surface area contributed by atoms with Gasteiger partial charge < -0.3 is 14.2 Å². The van der Waals surface area contributed by atoms with Gasteiger partial charge >= 0.3 is 0 Å². The van der Waals surface area contributed by atoms with E-state index in [1.54, 1.807) is 12.1 Å². The van der Waals surface area contributed by atoms with Gasteiger partial charge in [0.1, 0.15) is 11.6 Å². The lowest BCUT2D eigenvalue weighted by Gasteiger charge is -2.41. The van der Waals surface area contributed by atoms with Crippen molar-refractivity contribution in [3.05, 3.63) is 53.8 Å². The second kappa shape index (κ2) is 8.23. The summed E-state index contributed by atoms with van der Waals surface area (Å²) < 4.78 is 30.5. The van der Waals surface area contributed by atoms with Crippen molar-refractivity contribution in [2.45, 2.75) is 44.1 Å². The van der Waals surface area contributed by atoms with Crippen molar-refractivity contribution in [3.8, 4) is 17.2 Å². The van der Waals surface area contributed by atoms with Gasteiger partial charge in [-0.1, -0.05) is 25.0 Å². The van der Waals surface area contributed by atoms with Crippen LogP contribution in [-0.4, -0.2) is 37.4 Å². The fraction of sp³-hybridized carbons (Fsp3) is 0.500. The summed E-state index contributed by atoms with van der Waals surface area (Å²) in [4.78, 5) is 2.67. The number of likely N-dealkylation sites (tertiary alicyclic amines) is 1. The van der Waals surface area contributed by atoms with Gasteiger partial charge in [-0.2, -0.15) is 0 Å². The van der Waals surface area contributed by atoms with Gasteiger partial charge in [0.05, 0.1) is 6.61 Å². The van der Waals surface area contributed by atoms with Crippen LogP contribution >= 0.6 is 0 Å². The third-order valence-corrected chi connectivity index (χ3v) is 6.71. The highest BCUT2D eigenvalue weighted by atomic mass is 19.1. The highest BCUT2D eigenvalue weighted by Crippen LogP contribution is 2.38. The molecular weight excluding hydrogens is 369 g/mol. The van der Waals surface area contributed by atoms with Crippen LogP contribution in [0.4, 0.5) is 4.39 Å². The molecule has 5 heteroatoms. The Bertz CT molecular complexity index is 835. The van der Waals surface area contributed by atoms with Crippen molar-refractivity contribution in [2.24, 2.45) is 5.92 Å². The van der Waals surface area contributed by atoms with Crippen molar-refractivity contribution in [2.75, 3.05) is 26.5 Å². The third-order valence-electron chi connectivity index (χ3n) is 6.71. The molecule has 1 saturated heterocycles. The maximum absolute atomic E-state index is 13.4. The summed E-state index contributed by atoms with van der Waals surface area (Å²) in [5, 5.41) is 0. The number of nitrogens with zero attached hydrogens (tertiary/aromatic N) is 1. The monoisotopic (exact) mass is 397 g/mol. The minimum Gasteiger partial charge on any atom is -0.493 e. The van der Waals surface area contributed by atoms with E-state index in [0.29, 0.717) is 18.4 Å². The van der Waals surface area contributed by atoms with E-state index in [2.05, 4.69) is 4.90 Å². The van der Waals surface area contributed by atoms with Gasteiger partial charge in [0.2, 0.25) is 6.79 Å². The maximum atomic E-state index is 13.4. The largest absolute Gasteiger partial charge is 0.493 e. The van der Waals surface area contributed by atoms with Crippen LogP contribution in [-0.2, 0) is 0 Å². The van der Waals surface area contributed by atoms with Gasteiger partial charge in [-0.3, -0.25) is 4.90 Å². The molecule has 0 bridgehead atoms. The zero-order valence-electron chi connectivity index (χ0n) is 16.7. The Kier molecular flexibility index (Phi) is 5.32. The quantitative estimate of drug-likeness (QED) is 0.712. The van der Waals surface area contributed by atoms with Crippen LogP contribution in [0.2, 0.25) is 0 Å². The van der Waals surface area contributed by atoms with Crippen LogP contribution in [0.5, 0.6) is 17.2 Å². The second-order valence-electron chi connectivity index (χ2n) is 8.47. The van der Waals surface area contributed by atoms with Crippen LogP contribution in [0, 0.1) is 11.7 Å². The predicted octanol–water partition coefficient (Wildman–Crippen LogP) is 4.98. The summed E-state index contributed by atoms with van der Waals surface area (Å²) in [6, 6.07) is 13.5. The Morgan fingerprint density at radius 3 is 2.59 bits per heavy atom. The van der Waals surface area contributed by atoms with Gasteiger partial charge in [0.25, 0.3) is 0 Å². The zero-order valence-corrected chi connectivity index (χ0v) is 16.7. The van der Waals surface area contributed by atoms with Gasteiger partial charge in [0, 0.05) is 24.6 Å². The standard InChI is InChI=1S/C24H28FNO3/c25-19-7-5-17(6-8-19)22-11-12-26(20-3-1-2-4-20)14-18(22)15-27-21-9-10-23-24(13-21)29-16-28-23/h5-10,13,18,20,22H,1-4,11-12,14-16H2/t18-,22-/m0/s1. The first-order valence-corrected chi connectivity index (χ1v) is 10.8. The normalized spacial score (nSPS) is 24.7. The first-order valence-electron chi connectivity index (χ1n) is 10.8. The topological polar surface area (TPSA) is 30.9 Å². The summed E-state index contributed by atoms with van der Waals surface area (Å²) in [6.45, 7) is 3.07. The molecule has 0 spiro atoms. The van der Waals surface area contributed by atoms with E-state index in [4.69, 9.17) is 14.2 Å². The van der Waals surface area contributed by atoms with E-state index in [0.717, 1.165) is 42.8 Å². The van der Waals surface area contributed by atoms with E-state index < -0.39 is 0 Å². The van der Waals surface area contributed by atoms with Gasteiger partial charge in [-0.05, 0) is 61.6 Å². The molecule has 3 aliphatic rings. The van der Waals surface area contributed by atoms with Gasteiger partial charge in [-0.15, -0.1) is 0 Å².